The van der Waals surface area contributed by atoms with Gasteiger partial charge in [-0.3, -0.25) is 9.78 Å². The van der Waals surface area contributed by atoms with E-state index in [1.165, 1.54) is 0 Å². The molecule has 5 heteroatoms. The molecule has 0 fully saturated rings. The summed E-state index contributed by atoms with van der Waals surface area (Å²) in [6, 6.07) is 19.4. The van der Waals surface area contributed by atoms with E-state index < -0.39 is 0 Å². The number of benzene rings is 2. The van der Waals surface area contributed by atoms with Crippen LogP contribution in [0.2, 0.25) is 0 Å². The van der Waals surface area contributed by atoms with Crippen LogP contribution in [0.5, 0.6) is 5.75 Å². The van der Waals surface area contributed by atoms with Gasteiger partial charge in [-0.15, -0.1) is 0 Å². The van der Waals surface area contributed by atoms with E-state index in [4.69, 9.17) is 4.74 Å². The van der Waals surface area contributed by atoms with Gasteiger partial charge < -0.3 is 15.4 Å². The zero-order valence-corrected chi connectivity index (χ0v) is 14.6. The third-order valence-electron chi connectivity index (χ3n) is 3.90. The van der Waals surface area contributed by atoms with E-state index in [0.717, 1.165) is 29.1 Å². The molecule has 3 aromatic rings. The Morgan fingerprint density at radius 3 is 2.65 bits per heavy atom. The maximum absolute atomic E-state index is 12.4. The van der Waals surface area contributed by atoms with Gasteiger partial charge in [-0.2, -0.15) is 0 Å². The van der Waals surface area contributed by atoms with Crippen LogP contribution >= 0.6 is 0 Å². The van der Waals surface area contributed by atoms with Crippen LogP contribution in [0.3, 0.4) is 0 Å². The molecule has 0 aliphatic rings. The first-order valence-corrected chi connectivity index (χ1v) is 8.43. The zero-order chi connectivity index (χ0) is 18.2. The lowest BCUT2D eigenvalue weighted by molar-refractivity contribution is 0.0954. The quantitative estimate of drug-likeness (QED) is 0.682. The summed E-state index contributed by atoms with van der Waals surface area (Å²) in [7, 11) is 1.64. The summed E-state index contributed by atoms with van der Waals surface area (Å²) in [4.78, 5) is 16.5. The molecular formula is C21H21N3O2. The normalized spacial score (nSPS) is 10.2. The molecule has 0 aliphatic carbocycles. The minimum Gasteiger partial charge on any atom is -0.497 e. The van der Waals surface area contributed by atoms with Gasteiger partial charge in [0, 0.05) is 18.4 Å². The van der Waals surface area contributed by atoms with Gasteiger partial charge in [0.1, 0.15) is 5.75 Å². The number of nitrogens with zero attached hydrogens (tertiary/aromatic N) is 1. The second-order valence-corrected chi connectivity index (χ2v) is 5.81. The predicted octanol–water partition coefficient (Wildman–Crippen LogP) is 3.81. The van der Waals surface area contributed by atoms with Crippen LogP contribution in [0.25, 0.3) is 0 Å². The summed E-state index contributed by atoms with van der Waals surface area (Å²) < 4.78 is 5.21. The summed E-state index contributed by atoms with van der Waals surface area (Å²) in [5, 5.41) is 6.17. The van der Waals surface area contributed by atoms with Crippen molar-refractivity contribution in [2.45, 2.75) is 6.42 Å². The molecule has 1 amide bonds. The van der Waals surface area contributed by atoms with Crippen molar-refractivity contribution in [3.05, 3.63) is 84.2 Å². The largest absolute Gasteiger partial charge is 0.497 e. The number of methoxy groups -OCH3 is 1. The Morgan fingerprint density at radius 2 is 1.85 bits per heavy atom. The highest BCUT2D eigenvalue weighted by atomic mass is 16.5. The molecule has 2 N–H and O–H groups in total. The van der Waals surface area contributed by atoms with Gasteiger partial charge in [0.25, 0.3) is 5.91 Å². The highest BCUT2D eigenvalue weighted by Gasteiger charge is 2.07. The summed E-state index contributed by atoms with van der Waals surface area (Å²) in [5.41, 5.74) is 3.36. The average Bonchev–Trinajstić information content (AvgIpc) is 2.69. The first-order valence-electron chi connectivity index (χ1n) is 8.43. The first-order chi connectivity index (χ1) is 12.7. The molecule has 1 heterocycles. The molecule has 3 rings (SSSR count). The number of rotatable bonds is 7. The topological polar surface area (TPSA) is 63.2 Å². The van der Waals surface area contributed by atoms with Crippen LogP contribution in [0.1, 0.15) is 15.9 Å². The highest BCUT2D eigenvalue weighted by Crippen LogP contribution is 2.16. The Bertz CT molecular complexity index is 866. The standard InChI is InChI=1S/C21H21N3O2/c1-26-20-9-5-6-16(12-20)10-11-23-21(25)17-13-19(15-22-14-17)24-18-7-3-2-4-8-18/h2-9,12-15,24H,10-11H2,1H3,(H,23,25). The SMILES string of the molecule is COc1cccc(CCNC(=O)c2cncc(Nc3ccccc3)c2)c1. The molecule has 0 saturated carbocycles. The van der Waals surface area contributed by atoms with Gasteiger partial charge in [0.15, 0.2) is 0 Å². The number of carbonyl (C=O) groups excluding carboxylic acids is 1. The minimum atomic E-state index is -0.142. The van der Waals surface area contributed by atoms with E-state index in [2.05, 4.69) is 15.6 Å². The number of carbonyl (C=O) groups is 1. The molecule has 0 spiro atoms. The molecule has 5 nitrogen and oxygen atoms in total. The van der Waals surface area contributed by atoms with Crippen molar-refractivity contribution in [3.63, 3.8) is 0 Å². The Morgan fingerprint density at radius 1 is 1.00 bits per heavy atom. The average molecular weight is 347 g/mol. The second kappa shape index (κ2) is 8.67. The Labute approximate surface area is 153 Å². The van der Waals surface area contributed by atoms with Crippen molar-refractivity contribution >= 4 is 17.3 Å². The van der Waals surface area contributed by atoms with Crippen LogP contribution in [0.15, 0.2) is 73.1 Å². The fourth-order valence-corrected chi connectivity index (χ4v) is 2.57. The van der Waals surface area contributed by atoms with Crippen molar-refractivity contribution in [1.82, 2.24) is 10.3 Å². The minimum absolute atomic E-state index is 0.142. The Kier molecular flexibility index (Phi) is 5.83. The van der Waals surface area contributed by atoms with E-state index in [-0.39, 0.29) is 5.91 Å². The second-order valence-electron chi connectivity index (χ2n) is 5.81. The Balaban J connectivity index is 1.56. The smallest absolute Gasteiger partial charge is 0.252 e. The van der Waals surface area contributed by atoms with E-state index in [1.807, 2.05) is 54.6 Å². The number of amides is 1. The molecule has 0 bridgehead atoms. The van der Waals surface area contributed by atoms with Crippen molar-refractivity contribution in [1.29, 1.82) is 0 Å². The van der Waals surface area contributed by atoms with Crippen LogP contribution in [0, 0.1) is 0 Å². The first kappa shape index (κ1) is 17.5. The molecule has 0 unspecified atom stereocenters. The predicted molar refractivity (Wildman–Crippen MR) is 103 cm³/mol. The van der Waals surface area contributed by atoms with Crippen LogP contribution < -0.4 is 15.4 Å². The monoisotopic (exact) mass is 347 g/mol. The number of pyridine rings is 1. The molecule has 2 aromatic carbocycles. The summed E-state index contributed by atoms with van der Waals surface area (Å²) in [6.45, 7) is 0.544. The number of anilines is 2. The van der Waals surface area contributed by atoms with Crippen molar-refractivity contribution in [2.24, 2.45) is 0 Å². The van der Waals surface area contributed by atoms with Crippen LogP contribution in [-0.4, -0.2) is 24.5 Å². The number of aromatic nitrogens is 1. The summed E-state index contributed by atoms with van der Waals surface area (Å²) in [6.07, 6.45) is 4.00. The maximum atomic E-state index is 12.4. The number of ether oxygens (including phenoxy) is 1. The van der Waals surface area contributed by atoms with E-state index >= 15 is 0 Å². The third-order valence-corrected chi connectivity index (χ3v) is 3.90. The van der Waals surface area contributed by atoms with Crippen LogP contribution in [-0.2, 0) is 6.42 Å². The van der Waals surface area contributed by atoms with E-state index in [1.54, 1.807) is 25.6 Å². The number of para-hydroxylation sites is 1. The van der Waals surface area contributed by atoms with Gasteiger partial charge in [0.2, 0.25) is 0 Å². The molecule has 26 heavy (non-hydrogen) atoms. The van der Waals surface area contributed by atoms with Crippen LogP contribution in [0.4, 0.5) is 11.4 Å². The lowest BCUT2D eigenvalue weighted by Crippen LogP contribution is -2.25. The zero-order valence-electron chi connectivity index (χ0n) is 14.6. The number of hydrogen-bond donors (Lipinski definition) is 2. The fraction of sp³-hybridized carbons (Fsp3) is 0.143. The van der Waals surface area contributed by atoms with E-state index in [9.17, 15) is 4.79 Å². The number of nitrogens with one attached hydrogen (secondary N) is 2. The lowest BCUT2D eigenvalue weighted by atomic mass is 10.1. The lowest BCUT2D eigenvalue weighted by Gasteiger charge is -2.09. The molecule has 0 radical (unpaired) electrons. The maximum Gasteiger partial charge on any atom is 0.252 e. The van der Waals surface area contributed by atoms with Gasteiger partial charge in [0.05, 0.1) is 24.6 Å². The van der Waals surface area contributed by atoms with Gasteiger partial charge in [-0.1, -0.05) is 30.3 Å². The Hall–Kier alpha value is -3.34. The summed E-state index contributed by atoms with van der Waals surface area (Å²) in [5.74, 6) is 0.676. The molecule has 0 saturated heterocycles. The van der Waals surface area contributed by atoms with Gasteiger partial charge in [-0.25, -0.2) is 0 Å². The number of hydrogen-bond acceptors (Lipinski definition) is 4. The third kappa shape index (κ3) is 4.83. The summed E-state index contributed by atoms with van der Waals surface area (Å²) >= 11 is 0. The molecule has 1 aromatic heterocycles. The fourth-order valence-electron chi connectivity index (χ4n) is 2.57. The molecule has 132 valence electrons. The van der Waals surface area contributed by atoms with Crippen molar-refractivity contribution in [2.75, 3.05) is 19.0 Å². The molecular weight excluding hydrogens is 326 g/mol. The van der Waals surface area contributed by atoms with Crippen molar-refractivity contribution in [3.8, 4) is 5.75 Å². The van der Waals surface area contributed by atoms with Gasteiger partial charge in [-0.05, 0) is 42.3 Å². The van der Waals surface area contributed by atoms with E-state index in [0.29, 0.717) is 12.1 Å². The molecule has 0 atom stereocenters. The van der Waals surface area contributed by atoms with Crippen molar-refractivity contribution < 1.29 is 9.53 Å². The molecule has 0 aliphatic heterocycles. The highest BCUT2D eigenvalue weighted by molar-refractivity contribution is 5.94. The van der Waals surface area contributed by atoms with Gasteiger partial charge >= 0.3 is 0 Å².